The standard InChI is InChI=1S/C15H20N4OS/c1-12-5-3-4-6-13(12)14-16-19(15(21)17(14)2)11-18-7-9-20-10-8-18/h3-6H,7-11H2,1-2H3/p+1. The third kappa shape index (κ3) is 2.92. The molecule has 1 aromatic heterocycles. The van der Waals surface area contributed by atoms with Crippen molar-refractivity contribution in [2.75, 3.05) is 26.3 Å². The Kier molecular flexibility index (Phi) is 4.19. The van der Waals surface area contributed by atoms with Crippen LogP contribution in [-0.4, -0.2) is 40.7 Å². The first-order chi connectivity index (χ1) is 10.2. The van der Waals surface area contributed by atoms with E-state index < -0.39 is 0 Å². The molecule has 0 spiro atoms. The predicted molar refractivity (Wildman–Crippen MR) is 83.7 cm³/mol. The minimum absolute atomic E-state index is 0.771. The second-order valence-electron chi connectivity index (χ2n) is 5.50. The molecule has 1 aliphatic heterocycles. The lowest BCUT2D eigenvalue weighted by Crippen LogP contribution is -3.13. The van der Waals surface area contributed by atoms with Crippen LogP contribution in [0.1, 0.15) is 5.56 Å². The molecule has 0 radical (unpaired) electrons. The fourth-order valence-electron chi connectivity index (χ4n) is 2.68. The fourth-order valence-corrected chi connectivity index (χ4v) is 2.87. The van der Waals surface area contributed by atoms with Crippen LogP contribution in [0.5, 0.6) is 0 Å². The molecule has 1 fully saturated rings. The number of morpholine rings is 1. The van der Waals surface area contributed by atoms with Crippen molar-refractivity contribution in [2.45, 2.75) is 13.6 Å². The molecule has 1 aromatic carbocycles. The van der Waals surface area contributed by atoms with Crippen LogP contribution in [-0.2, 0) is 18.5 Å². The highest BCUT2D eigenvalue weighted by Gasteiger charge is 2.18. The van der Waals surface area contributed by atoms with Crippen molar-refractivity contribution in [3.05, 3.63) is 34.6 Å². The molecule has 0 atom stereocenters. The Bertz CT molecular complexity index is 685. The molecule has 0 bridgehead atoms. The van der Waals surface area contributed by atoms with Gasteiger partial charge in [0.05, 0.1) is 13.2 Å². The average molecular weight is 305 g/mol. The van der Waals surface area contributed by atoms with Gasteiger partial charge in [0.1, 0.15) is 13.1 Å². The molecular formula is C15H21N4OS+. The molecule has 0 saturated carbocycles. The molecule has 2 aromatic rings. The molecular weight excluding hydrogens is 284 g/mol. The summed E-state index contributed by atoms with van der Waals surface area (Å²) in [5.41, 5.74) is 2.35. The number of quaternary nitrogens is 1. The number of aryl methyl sites for hydroxylation is 1. The van der Waals surface area contributed by atoms with E-state index in [4.69, 9.17) is 22.1 Å². The van der Waals surface area contributed by atoms with E-state index >= 15 is 0 Å². The summed E-state index contributed by atoms with van der Waals surface area (Å²) in [6.07, 6.45) is 0. The Hall–Kier alpha value is -1.50. The maximum atomic E-state index is 5.54. The van der Waals surface area contributed by atoms with Crippen molar-refractivity contribution in [3.63, 3.8) is 0 Å². The van der Waals surface area contributed by atoms with E-state index in [1.165, 1.54) is 10.5 Å². The van der Waals surface area contributed by atoms with Crippen LogP contribution in [0.2, 0.25) is 0 Å². The number of nitrogens with one attached hydrogen (secondary N) is 1. The fraction of sp³-hybridized carbons (Fsp3) is 0.467. The summed E-state index contributed by atoms with van der Waals surface area (Å²) in [5, 5.41) is 4.75. The first kappa shape index (κ1) is 14.4. The largest absolute Gasteiger partial charge is 0.370 e. The third-order valence-electron chi connectivity index (χ3n) is 4.00. The van der Waals surface area contributed by atoms with Crippen molar-refractivity contribution in [2.24, 2.45) is 7.05 Å². The number of hydrogen-bond donors (Lipinski definition) is 1. The second-order valence-corrected chi connectivity index (χ2v) is 5.87. The van der Waals surface area contributed by atoms with Crippen molar-refractivity contribution in [1.29, 1.82) is 0 Å². The minimum atomic E-state index is 0.771. The maximum absolute atomic E-state index is 5.54. The summed E-state index contributed by atoms with van der Waals surface area (Å²) in [4.78, 5) is 1.46. The lowest BCUT2D eigenvalue weighted by Gasteiger charge is -2.23. The summed E-state index contributed by atoms with van der Waals surface area (Å²) in [6, 6.07) is 8.28. The van der Waals surface area contributed by atoms with E-state index in [-0.39, 0.29) is 0 Å². The number of hydrogen-bond acceptors (Lipinski definition) is 3. The van der Waals surface area contributed by atoms with Gasteiger partial charge < -0.3 is 14.2 Å². The highest BCUT2D eigenvalue weighted by molar-refractivity contribution is 7.71. The quantitative estimate of drug-likeness (QED) is 0.852. The molecule has 1 aliphatic rings. The van der Waals surface area contributed by atoms with Crippen molar-refractivity contribution in [1.82, 2.24) is 14.3 Å². The third-order valence-corrected chi connectivity index (χ3v) is 4.48. The molecule has 6 heteroatoms. The lowest BCUT2D eigenvalue weighted by molar-refractivity contribution is -0.930. The molecule has 0 amide bonds. The highest BCUT2D eigenvalue weighted by atomic mass is 32.1. The van der Waals surface area contributed by atoms with Crippen LogP contribution < -0.4 is 4.90 Å². The number of ether oxygens (including phenoxy) is 1. The van der Waals surface area contributed by atoms with E-state index in [0.717, 1.165) is 49.1 Å². The van der Waals surface area contributed by atoms with Crippen molar-refractivity contribution >= 4 is 12.2 Å². The Morgan fingerprint density at radius 3 is 2.71 bits per heavy atom. The zero-order chi connectivity index (χ0) is 14.8. The maximum Gasteiger partial charge on any atom is 0.202 e. The molecule has 2 heterocycles. The van der Waals surface area contributed by atoms with E-state index in [2.05, 4.69) is 19.1 Å². The predicted octanol–water partition coefficient (Wildman–Crippen LogP) is 0.799. The first-order valence-electron chi connectivity index (χ1n) is 7.28. The SMILES string of the molecule is Cc1ccccc1-c1nn(C[NH+]2CCOCC2)c(=S)n1C. The van der Waals surface area contributed by atoms with Gasteiger partial charge in [-0.25, -0.2) is 0 Å². The summed E-state index contributed by atoms with van der Waals surface area (Å²) < 4.78 is 10.1. The van der Waals surface area contributed by atoms with Gasteiger partial charge in [0.25, 0.3) is 0 Å². The number of aromatic nitrogens is 3. The normalized spacial score (nSPS) is 16.3. The van der Waals surface area contributed by atoms with Crippen LogP contribution in [0.3, 0.4) is 0 Å². The molecule has 0 aliphatic carbocycles. The van der Waals surface area contributed by atoms with Crippen LogP contribution in [0.15, 0.2) is 24.3 Å². The molecule has 1 saturated heterocycles. The Morgan fingerprint density at radius 2 is 2.00 bits per heavy atom. The summed E-state index contributed by atoms with van der Waals surface area (Å²) in [5.74, 6) is 0.936. The summed E-state index contributed by atoms with van der Waals surface area (Å²) in [7, 11) is 1.99. The molecule has 21 heavy (non-hydrogen) atoms. The molecule has 3 rings (SSSR count). The monoisotopic (exact) mass is 305 g/mol. The van der Waals surface area contributed by atoms with E-state index in [9.17, 15) is 0 Å². The van der Waals surface area contributed by atoms with Gasteiger partial charge in [-0.15, -0.1) is 5.10 Å². The smallest absolute Gasteiger partial charge is 0.202 e. The lowest BCUT2D eigenvalue weighted by atomic mass is 10.1. The van der Waals surface area contributed by atoms with Gasteiger partial charge in [0.2, 0.25) is 4.77 Å². The van der Waals surface area contributed by atoms with Gasteiger partial charge >= 0.3 is 0 Å². The van der Waals surface area contributed by atoms with Crippen LogP contribution in [0, 0.1) is 11.7 Å². The number of benzene rings is 1. The van der Waals surface area contributed by atoms with Gasteiger partial charge in [-0.05, 0) is 24.7 Å². The van der Waals surface area contributed by atoms with Gasteiger partial charge in [-0.3, -0.25) is 0 Å². The van der Waals surface area contributed by atoms with Crippen LogP contribution in [0.25, 0.3) is 11.4 Å². The van der Waals surface area contributed by atoms with Gasteiger partial charge in [-0.1, -0.05) is 24.3 Å². The Morgan fingerprint density at radius 1 is 1.29 bits per heavy atom. The Labute approximate surface area is 129 Å². The topological polar surface area (TPSA) is 36.4 Å². The zero-order valence-electron chi connectivity index (χ0n) is 12.5. The van der Waals surface area contributed by atoms with Gasteiger partial charge in [0, 0.05) is 12.6 Å². The van der Waals surface area contributed by atoms with Crippen molar-refractivity contribution < 1.29 is 9.64 Å². The van der Waals surface area contributed by atoms with E-state index in [0.29, 0.717) is 0 Å². The highest BCUT2D eigenvalue weighted by Crippen LogP contribution is 2.20. The molecule has 1 N–H and O–H groups in total. The summed E-state index contributed by atoms with van der Waals surface area (Å²) >= 11 is 5.54. The average Bonchev–Trinajstić information content (AvgIpc) is 2.77. The molecule has 5 nitrogen and oxygen atoms in total. The second kappa shape index (κ2) is 6.09. The number of nitrogens with zero attached hydrogens (tertiary/aromatic N) is 3. The van der Waals surface area contributed by atoms with Crippen LogP contribution >= 0.6 is 12.2 Å². The Balaban J connectivity index is 1.92. The van der Waals surface area contributed by atoms with E-state index in [1.807, 2.05) is 28.4 Å². The zero-order valence-corrected chi connectivity index (χ0v) is 13.3. The summed E-state index contributed by atoms with van der Waals surface area (Å²) in [6.45, 7) is 6.57. The first-order valence-corrected chi connectivity index (χ1v) is 7.69. The van der Waals surface area contributed by atoms with Crippen molar-refractivity contribution in [3.8, 4) is 11.4 Å². The number of rotatable bonds is 3. The van der Waals surface area contributed by atoms with Gasteiger partial charge in [0.15, 0.2) is 12.5 Å². The minimum Gasteiger partial charge on any atom is -0.370 e. The van der Waals surface area contributed by atoms with Gasteiger partial charge in [-0.2, -0.15) is 4.68 Å². The van der Waals surface area contributed by atoms with Crippen LogP contribution in [0.4, 0.5) is 0 Å². The molecule has 0 unspecified atom stereocenters. The molecule has 112 valence electrons. The van der Waals surface area contributed by atoms with E-state index in [1.54, 1.807) is 0 Å².